The van der Waals surface area contributed by atoms with Gasteiger partial charge < -0.3 is 14.7 Å². The van der Waals surface area contributed by atoms with Crippen LogP contribution >= 0.6 is 23.4 Å². The van der Waals surface area contributed by atoms with Crippen LogP contribution in [0.5, 0.6) is 0 Å². The fourth-order valence-electron chi connectivity index (χ4n) is 3.58. The molecule has 0 aromatic heterocycles. The first kappa shape index (κ1) is 17.6. The van der Waals surface area contributed by atoms with Gasteiger partial charge in [-0.05, 0) is 30.4 Å². The van der Waals surface area contributed by atoms with Gasteiger partial charge in [0.05, 0.1) is 17.6 Å². The van der Waals surface area contributed by atoms with E-state index in [4.69, 9.17) is 16.3 Å². The highest BCUT2D eigenvalue weighted by Crippen LogP contribution is 2.43. The smallest absolute Gasteiger partial charge is 0.311 e. The zero-order valence-corrected chi connectivity index (χ0v) is 15.0. The molecule has 0 saturated carbocycles. The molecule has 0 aliphatic carbocycles. The number of nitrogens with zero attached hydrogens (tertiary/aromatic N) is 1. The van der Waals surface area contributed by atoms with Crippen molar-refractivity contribution in [2.45, 2.75) is 18.2 Å². The molecule has 130 valence electrons. The predicted octanol–water partition coefficient (Wildman–Crippen LogP) is 3.02. The molecule has 1 aromatic carbocycles. The maximum absolute atomic E-state index is 13.0. The lowest BCUT2D eigenvalue weighted by atomic mass is 9.74. The van der Waals surface area contributed by atoms with Crippen LogP contribution in [0, 0.1) is 11.3 Å². The van der Waals surface area contributed by atoms with E-state index in [0.717, 1.165) is 10.6 Å². The van der Waals surface area contributed by atoms with Crippen LogP contribution < -0.4 is 0 Å². The molecule has 1 N–H and O–H groups in total. The number of hydrogen-bond donors (Lipinski definition) is 1. The van der Waals surface area contributed by atoms with E-state index in [9.17, 15) is 14.7 Å². The number of fused-ring (bicyclic) bond motifs is 1. The lowest BCUT2D eigenvalue weighted by Gasteiger charge is -2.33. The first-order valence-corrected chi connectivity index (χ1v) is 9.37. The molecule has 5 nitrogen and oxygen atoms in total. The Labute approximate surface area is 150 Å². The minimum absolute atomic E-state index is 0.150. The number of carboxylic acid groups (broad SMARTS) is 1. The molecule has 0 bridgehead atoms. The predicted molar refractivity (Wildman–Crippen MR) is 92.7 cm³/mol. The van der Waals surface area contributed by atoms with Gasteiger partial charge in [0.15, 0.2) is 0 Å². The number of rotatable bonds is 4. The summed E-state index contributed by atoms with van der Waals surface area (Å²) in [6.07, 6.45) is 0.447. The molecule has 2 aliphatic rings. The second-order valence-corrected chi connectivity index (χ2v) is 7.98. The second kappa shape index (κ2) is 6.94. The summed E-state index contributed by atoms with van der Waals surface area (Å²) in [5, 5.41) is 10.2. The Kier molecular flexibility index (Phi) is 5.08. The Balaban J connectivity index is 1.89. The third-order valence-electron chi connectivity index (χ3n) is 4.89. The Bertz CT molecular complexity index is 668. The van der Waals surface area contributed by atoms with Crippen molar-refractivity contribution in [3.63, 3.8) is 0 Å². The number of amides is 1. The molecule has 1 aromatic rings. The number of benzene rings is 1. The molecule has 1 amide bonds. The van der Waals surface area contributed by atoms with Crippen LogP contribution in [0.1, 0.15) is 23.7 Å². The van der Waals surface area contributed by atoms with Crippen molar-refractivity contribution in [2.24, 2.45) is 11.3 Å². The van der Waals surface area contributed by atoms with Gasteiger partial charge in [0.25, 0.3) is 5.91 Å². The van der Waals surface area contributed by atoms with Crippen molar-refractivity contribution in [1.82, 2.24) is 4.90 Å². The van der Waals surface area contributed by atoms with Crippen LogP contribution in [0.4, 0.5) is 0 Å². The molecular formula is C17H20ClNO4S. The van der Waals surface area contributed by atoms with Gasteiger partial charge in [0.2, 0.25) is 0 Å². The highest BCUT2D eigenvalue weighted by molar-refractivity contribution is 7.99. The minimum atomic E-state index is -0.884. The number of halogens is 1. The van der Waals surface area contributed by atoms with Crippen molar-refractivity contribution in [1.29, 1.82) is 0 Å². The van der Waals surface area contributed by atoms with Crippen LogP contribution in [0.25, 0.3) is 0 Å². The summed E-state index contributed by atoms with van der Waals surface area (Å²) < 4.78 is 5.45. The van der Waals surface area contributed by atoms with Gasteiger partial charge in [0.1, 0.15) is 0 Å². The Morgan fingerprint density at radius 2 is 2.29 bits per heavy atom. The van der Waals surface area contributed by atoms with Gasteiger partial charge in [-0.15, -0.1) is 11.8 Å². The van der Waals surface area contributed by atoms with E-state index in [-0.39, 0.29) is 18.4 Å². The van der Waals surface area contributed by atoms with E-state index in [1.165, 1.54) is 0 Å². The number of carboxylic acids is 1. The number of carbonyl (C=O) groups is 2. The topological polar surface area (TPSA) is 66.8 Å². The molecule has 2 atom stereocenters. The molecule has 0 spiro atoms. The van der Waals surface area contributed by atoms with Gasteiger partial charge in [-0.2, -0.15) is 0 Å². The summed E-state index contributed by atoms with van der Waals surface area (Å²) in [5.41, 5.74) is -0.334. The zero-order valence-electron chi connectivity index (χ0n) is 13.5. The van der Waals surface area contributed by atoms with Crippen LogP contribution in [-0.4, -0.2) is 53.9 Å². The van der Waals surface area contributed by atoms with E-state index in [1.807, 2.05) is 13.0 Å². The largest absolute Gasteiger partial charge is 0.481 e. The molecule has 2 aliphatic heterocycles. The fourth-order valence-corrected chi connectivity index (χ4v) is 4.52. The van der Waals surface area contributed by atoms with Crippen molar-refractivity contribution >= 4 is 35.2 Å². The molecule has 7 heteroatoms. The van der Waals surface area contributed by atoms with Crippen LogP contribution in [0.3, 0.4) is 0 Å². The van der Waals surface area contributed by atoms with E-state index >= 15 is 0 Å². The maximum atomic E-state index is 13.0. The lowest BCUT2D eigenvalue weighted by molar-refractivity contribution is -0.157. The number of carbonyl (C=O) groups excluding carboxylic acids is 1. The van der Waals surface area contributed by atoms with Gasteiger partial charge in [-0.3, -0.25) is 9.59 Å². The highest BCUT2D eigenvalue weighted by Gasteiger charge is 2.55. The van der Waals surface area contributed by atoms with E-state index in [1.54, 1.807) is 28.8 Å². The Morgan fingerprint density at radius 1 is 1.50 bits per heavy atom. The quantitative estimate of drug-likeness (QED) is 0.826. The molecule has 2 saturated heterocycles. The SMILES string of the molecule is CCSc1ccc(Cl)cc1C(=O)N1C[C@H]2COCC[C@@]2(C(=O)O)C1. The number of aliphatic carboxylic acids is 1. The van der Waals surface area contributed by atoms with Gasteiger partial charge in [-0.25, -0.2) is 0 Å². The van der Waals surface area contributed by atoms with Gasteiger partial charge in [-0.1, -0.05) is 18.5 Å². The average Bonchev–Trinajstić information content (AvgIpc) is 2.97. The lowest BCUT2D eigenvalue weighted by Crippen LogP contribution is -2.45. The summed E-state index contributed by atoms with van der Waals surface area (Å²) in [7, 11) is 0. The van der Waals surface area contributed by atoms with Crippen LogP contribution in [-0.2, 0) is 9.53 Å². The highest BCUT2D eigenvalue weighted by atomic mass is 35.5. The number of thioether (sulfide) groups is 1. The number of ether oxygens (including phenoxy) is 1. The molecule has 2 heterocycles. The first-order valence-electron chi connectivity index (χ1n) is 8.00. The summed E-state index contributed by atoms with van der Waals surface area (Å²) in [4.78, 5) is 27.4. The van der Waals surface area contributed by atoms with Crippen molar-refractivity contribution in [2.75, 3.05) is 32.1 Å². The monoisotopic (exact) mass is 369 g/mol. The average molecular weight is 370 g/mol. The van der Waals surface area contributed by atoms with E-state index < -0.39 is 11.4 Å². The maximum Gasteiger partial charge on any atom is 0.311 e. The molecule has 24 heavy (non-hydrogen) atoms. The standard InChI is InChI=1S/C17H20ClNO4S/c1-2-24-14-4-3-12(18)7-13(14)15(20)19-8-11-9-23-6-5-17(11,10-19)16(21)22/h3-4,7,11H,2,5-6,8-10H2,1H3,(H,21,22)/t11-,17+/m0/s1. The van der Waals surface area contributed by atoms with Gasteiger partial charge in [0, 0.05) is 35.5 Å². The van der Waals surface area contributed by atoms with Crippen LogP contribution in [0.15, 0.2) is 23.1 Å². The van der Waals surface area contributed by atoms with E-state index in [0.29, 0.717) is 36.8 Å². The summed E-state index contributed by atoms with van der Waals surface area (Å²) in [6, 6.07) is 5.30. The number of hydrogen-bond acceptors (Lipinski definition) is 4. The third kappa shape index (κ3) is 3.03. The normalized spacial score (nSPS) is 26.2. The molecule has 0 radical (unpaired) electrons. The summed E-state index contributed by atoms with van der Waals surface area (Å²) >= 11 is 7.65. The van der Waals surface area contributed by atoms with Crippen molar-refractivity contribution in [3.05, 3.63) is 28.8 Å². The molecule has 0 unspecified atom stereocenters. The van der Waals surface area contributed by atoms with Gasteiger partial charge >= 0.3 is 5.97 Å². The third-order valence-corrected chi connectivity index (χ3v) is 6.08. The molecular weight excluding hydrogens is 350 g/mol. The second-order valence-electron chi connectivity index (χ2n) is 6.24. The van der Waals surface area contributed by atoms with E-state index in [2.05, 4.69) is 0 Å². The van der Waals surface area contributed by atoms with Crippen molar-refractivity contribution in [3.8, 4) is 0 Å². The fraction of sp³-hybridized carbons (Fsp3) is 0.529. The van der Waals surface area contributed by atoms with Crippen LogP contribution in [0.2, 0.25) is 5.02 Å². The zero-order chi connectivity index (χ0) is 17.3. The number of likely N-dealkylation sites (tertiary alicyclic amines) is 1. The van der Waals surface area contributed by atoms with Crippen molar-refractivity contribution < 1.29 is 19.4 Å². The molecule has 2 fully saturated rings. The Morgan fingerprint density at radius 3 is 2.96 bits per heavy atom. The summed E-state index contributed by atoms with van der Waals surface area (Å²) in [6.45, 7) is 3.49. The first-order chi connectivity index (χ1) is 11.5. The molecule has 3 rings (SSSR count). The summed E-state index contributed by atoms with van der Waals surface area (Å²) in [5.74, 6) is -0.296. The minimum Gasteiger partial charge on any atom is -0.481 e. The Hall–Kier alpha value is -1.24.